The van der Waals surface area contributed by atoms with E-state index in [1.54, 1.807) is 6.92 Å². The first-order chi connectivity index (χ1) is 7.79. The van der Waals surface area contributed by atoms with Crippen molar-refractivity contribution < 1.29 is 27.2 Å². The summed E-state index contributed by atoms with van der Waals surface area (Å²) in [6.07, 6.45) is -4.56. The van der Waals surface area contributed by atoms with Gasteiger partial charge < -0.3 is 0 Å². The number of amides is 1. The Hall–Kier alpha value is -1.63. The van der Waals surface area contributed by atoms with E-state index in [9.17, 15) is 22.4 Å². The van der Waals surface area contributed by atoms with Crippen molar-refractivity contribution in [3.05, 3.63) is 35.1 Å². The maximum absolute atomic E-state index is 13.1. The van der Waals surface area contributed by atoms with E-state index in [1.165, 1.54) is 17.6 Å². The van der Waals surface area contributed by atoms with Gasteiger partial charge in [0.05, 0.1) is 5.56 Å². The molecule has 0 saturated heterocycles. The Morgan fingerprint density at radius 1 is 1.41 bits per heavy atom. The first-order valence-corrected chi connectivity index (χ1v) is 4.54. The Balaban J connectivity index is 2.61. The number of carbonyl (C=O) groups excluding carboxylic acids is 1. The molecule has 94 valence electrons. The van der Waals surface area contributed by atoms with Gasteiger partial charge in [0.1, 0.15) is 5.82 Å². The predicted octanol–water partition coefficient (Wildman–Crippen LogP) is 2.36. The van der Waals surface area contributed by atoms with Gasteiger partial charge in [-0.3, -0.25) is 9.63 Å². The zero-order valence-electron chi connectivity index (χ0n) is 8.77. The summed E-state index contributed by atoms with van der Waals surface area (Å²) in [7, 11) is 0. The maximum Gasteiger partial charge on any atom is 0.414 e. The molecule has 1 aromatic rings. The van der Waals surface area contributed by atoms with Gasteiger partial charge in [0.15, 0.2) is 6.61 Å². The summed E-state index contributed by atoms with van der Waals surface area (Å²) in [5, 5.41) is 0. The molecule has 0 aromatic heterocycles. The first kappa shape index (κ1) is 13.4. The molecule has 7 heteroatoms. The Bertz CT molecular complexity index is 417. The number of halogens is 4. The number of carbonyl (C=O) groups is 1. The molecule has 1 rings (SSSR count). The fourth-order valence-electron chi connectivity index (χ4n) is 1.05. The van der Waals surface area contributed by atoms with Crippen molar-refractivity contribution in [2.75, 3.05) is 6.61 Å². The zero-order valence-corrected chi connectivity index (χ0v) is 8.77. The highest BCUT2D eigenvalue weighted by Crippen LogP contribution is 2.14. The molecule has 0 aliphatic heterocycles. The lowest BCUT2D eigenvalue weighted by Crippen LogP contribution is -2.30. The molecule has 0 atom stereocenters. The van der Waals surface area contributed by atoms with Crippen LogP contribution in [0.4, 0.5) is 17.6 Å². The molecule has 0 fully saturated rings. The van der Waals surface area contributed by atoms with Gasteiger partial charge >= 0.3 is 6.18 Å². The molecule has 0 bridgehead atoms. The normalized spacial score (nSPS) is 11.4. The third kappa shape index (κ3) is 4.39. The molecule has 0 spiro atoms. The van der Waals surface area contributed by atoms with Gasteiger partial charge in [-0.25, -0.2) is 9.87 Å². The molecule has 0 heterocycles. The van der Waals surface area contributed by atoms with Crippen LogP contribution >= 0.6 is 0 Å². The van der Waals surface area contributed by atoms with Gasteiger partial charge in [0, 0.05) is 0 Å². The molecule has 0 radical (unpaired) electrons. The number of benzene rings is 1. The maximum atomic E-state index is 13.1. The topological polar surface area (TPSA) is 38.3 Å². The van der Waals surface area contributed by atoms with Crippen LogP contribution in [0.15, 0.2) is 18.2 Å². The second kappa shape index (κ2) is 5.13. The number of nitrogens with one attached hydrogen (secondary N) is 1. The van der Waals surface area contributed by atoms with Crippen LogP contribution in [0.1, 0.15) is 15.9 Å². The minimum atomic E-state index is -4.56. The minimum Gasteiger partial charge on any atom is -0.267 e. The van der Waals surface area contributed by atoms with E-state index in [4.69, 9.17) is 0 Å². The molecule has 3 nitrogen and oxygen atoms in total. The lowest BCUT2D eigenvalue weighted by atomic mass is 10.1. The SMILES string of the molecule is Cc1ccc(F)c(C(=O)NOCC(F)(F)F)c1. The molecule has 1 amide bonds. The molecule has 0 unspecified atom stereocenters. The molecule has 0 aliphatic carbocycles. The van der Waals surface area contributed by atoms with Crippen molar-refractivity contribution in [1.29, 1.82) is 0 Å². The van der Waals surface area contributed by atoms with Crippen molar-refractivity contribution >= 4 is 5.91 Å². The van der Waals surface area contributed by atoms with Crippen molar-refractivity contribution in [3.63, 3.8) is 0 Å². The largest absolute Gasteiger partial charge is 0.414 e. The predicted molar refractivity (Wildman–Crippen MR) is 50.6 cm³/mol. The number of aryl methyl sites for hydroxylation is 1. The first-order valence-electron chi connectivity index (χ1n) is 4.54. The fraction of sp³-hybridized carbons (Fsp3) is 0.300. The monoisotopic (exact) mass is 251 g/mol. The van der Waals surface area contributed by atoms with Crippen molar-refractivity contribution in [2.45, 2.75) is 13.1 Å². The summed E-state index contributed by atoms with van der Waals surface area (Å²) < 4.78 is 48.2. The van der Waals surface area contributed by atoms with Crippen LogP contribution in [0.25, 0.3) is 0 Å². The van der Waals surface area contributed by atoms with Crippen LogP contribution < -0.4 is 5.48 Å². The quantitative estimate of drug-likeness (QED) is 0.661. The minimum absolute atomic E-state index is 0.368. The van der Waals surface area contributed by atoms with Gasteiger partial charge in [-0.2, -0.15) is 13.2 Å². The molecular weight excluding hydrogens is 242 g/mol. The smallest absolute Gasteiger partial charge is 0.267 e. The van der Waals surface area contributed by atoms with E-state index in [2.05, 4.69) is 4.84 Å². The Morgan fingerprint density at radius 3 is 2.65 bits per heavy atom. The molecular formula is C10H9F4NO2. The lowest BCUT2D eigenvalue weighted by molar-refractivity contribution is -0.184. The van der Waals surface area contributed by atoms with Crippen LogP contribution in [-0.2, 0) is 4.84 Å². The van der Waals surface area contributed by atoms with E-state index < -0.39 is 24.5 Å². The van der Waals surface area contributed by atoms with Crippen molar-refractivity contribution in [3.8, 4) is 0 Å². The molecule has 17 heavy (non-hydrogen) atoms. The summed E-state index contributed by atoms with van der Waals surface area (Å²) in [6.45, 7) is -0.0149. The van der Waals surface area contributed by atoms with E-state index in [-0.39, 0.29) is 5.56 Å². The number of alkyl halides is 3. The van der Waals surface area contributed by atoms with Gasteiger partial charge in [0.2, 0.25) is 0 Å². The van der Waals surface area contributed by atoms with E-state index in [0.29, 0.717) is 5.56 Å². The average molecular weight is 251 g/mol. The highest BCUT2D eigenvalue weighted by molar-refractivity contribution is 5.93. The summed E-state index contributed by atoms with van der Waals surface area (Å²) in [5.74, 6) is -1.89. The lowest BCUT2D eigenvalue weighted by Gasteiger charge is -2.09. The van der Waals surface area contributed by atoms with Crippen molar-refractivity contribution in [2.24, 2.45) is 0 Å². The number of hydrogen-bond acceptors (Lipinski definition) is 2. The number of hydroxylamine groups is 1. The molecule has 1 aromatic carbocycles. The number of rotatable bonds is 3. The van der Waals surface area contributed by atoms with Gasteiger partial charge in [-0.1, -0.05) is 11.6 Å². The van der Waals surface area contributed by atoms with Crippen LogP contribution in [0, 0.1) is 12.7 Å². The summed E-state index contributed by atoms with van der Waals surface area (Å²) in [4.78, 5) is 15.2. The highest BCUT2D eigenvalue weighted by Gasteiger charge is 2.28. The zero-order chi connectivity index (χ0) is 13.1. The molecule has 0 aliphatic rings. The highest BCUT2D eigenvalue weighted by atomic mass is 19.4. The summed E-state index contributed by atoms with van der Waals surface area (Å²) in [5.41, 5.74) is 1.76. The third-order valence-electron chi connectivity index (χ3n) is 1.77. The summed E-state index contributed by atoms with van der Waals surface area (Å²) in [6, 6.07) is 3.69. The Labute approximate surface area is 94.3 Å². The summed E-state index contributed by atoms with van der Waals surface area (Å²) >= 11 is 0. The van der Waals surface area contributed by atoms with Crippen LogP contribution in [0.3, 0.4) is 0 Å². The molecule has 0 saturated carbocycles. The van der Waals surface area contributed by atoms with Crippen LogP contribution in [-0.4, -0.2) is 18.7 Å². The number of hydrogen-bond donors (Lipinski definition) is 1. The van der Waals surface area contributed by atoms with Crippen molar-refractivity contribution in [1.82, 2.24) is 5.48 Å². The second-order valence-corrected chi connectivity index (χ2v) is 3.32. The average Bonchev–Trinajstić information content (AvgIpc) is 2.19. The van der Waals surface area contributed by atoms with E-state index in [1.807, 2.05) is 0 Å². The van der Waals surface area contributed by atoms with Crippen LogP contribution in [0.5, 0.6) is 0 Å². The van der Waals surface area contributed by atoms with Gasteiger partial charge in [0.25, 0.3) is 5.91 Å². The Morgan fingerprint density at radius 2 is 2.06 bits per heavy atom. The molecule has 1 N–H and O–H groups in total. The Kier molecular flexibility index (Phi) is 4.06. The second-order valence-electron chi connectivity index (χ2n) is 3.32. The fourth-order valence-corrected chi connectivity index (χ4v) is 1.05. The van der Waals surface area contributed by atoms with Crippen LogP contribution in [0.2, 0.25) is 0 Å². The van der Waals surface area contributed by atoms with Gasteiger partial charge in [-0.15, -0.1) is 0 Å². The van der Waals surface area contributed by atoms with E-state index in [0.717, 1.165) is 6.07 Å². The van der Waals surface area contributed by atoms with E-state index >= 15 is 0 Å². The third-order valence-corrected chi connectivity index (χ3v) is 1.77. The standard InChI is InChI=1S/C10H9F4NO2/c1-6-2-3-8(11)7(4-6)9(16)15-17-5-10(12,13)14/h2-4H,5H2,1H3,(H,15,16). The van der Waals surface area contributed by atoms with Gasteiger partial charge in [-0.05, 0) is 19.1 Å².